The van der Waals surface area contributed by atoms with Crippen LogP contribution in [0.1, 0.15) is 0 Å². The molecule has 0 aromatic heterocycles. The molecule has 0 amide bonds. The molecular weight excluding hydrogens is 293 g/mol. The van der Waals surface area contributed by atoms with E-state index in [1.807, 2.05) is 0 Å². The summed E-state index contributed by atoms with van der Waals surface area (Å²) in [7, 11) is 0.965. The van der Waals surface area contributed by atoms with Gasteiger partial charge in [0, 0.05) is 0 Å². The van der Waals surface area contributed by atoms with Gasteiger partial charge in [-0.2, -0.15) is 0 Å². The third-order valence-electron chi connectivity index (χ3n) is 1.43. The number of halogens is 2. The fourth-order valence-electron chi connectivity index (χ4n) is 0.711. The molecular formula is C4H6B2Br2O4. The fourth-order valence-corrected chi connectivity index (χ4v) is 1.67. The Morgan fingerprint density at radius 2 is 2.17 bits per heavy atom. The van der Waals surface area contributed by atoms with Crippen molar-refractivity contribution in [1.29, 1.82) is 0 Å². The smallest absolute Gasteiger partial charge is 0.476 e. The molecule has 0 aromatic carbocycles. The number of alkyl halides is 2. The van der Waals surface area contributed by atoms with E-state index in [0.717, 1.165) is 0 Å². The quantitative estimate of drug-likeness (QED) is 0.527. The number of carbonyl (C=O) groups excluding carboxylic acids is 1. The van der Waals surface area contributed by atoms with E-state index in [1.54, 1.807) is 0 Å². The van der Waals surface area contributed by atoms with Crippen LogP contribution in [0.15, 0.2) is 0 Å². The van der Waals surface area contributed by atoms with Gasteiger partial charge in [0.15, 0.2) is 0 Å². The molecule has 0 spiro atoms. The monoisotopic (exact) mass is 298 g/mol. The lowest BCUT2D eigenvalue weighted by Crippen LogP contribution is -2.49. The Hall–Kier alpha value is 0.480. The number of carbonyl (C=O) groups is 1. The number of hydrogen-bond acceptors (Lipinski definition) is 4. The summed E-state index contributed by atoms with van der Waals surface area (Å²) in [5.74, 6) is -0.351. The Morgan fingerprint density at radius 3 is 2.50 bits per heavy atom. The lowest BCUT2D eigenvalue weighted by molar-refractivity contribution is -0.133. The van der Waals surface area contributed by atoms with Gasteiger partial charge in [-0.3, -0.25) is 4.79 Å². The summed E-state index contributed by atoms with van der Waals surface area (Å²) in [6, 6.07) is 0. The highest BCUT2D eigenvalue weighted by atomic mass is 79.9. The van der Waals surface area contributed by atoms with Gasteiger partial charge in [-0.15, -0.1) is 0 Å². The van der Waals surface area contributed by atoms with Crippen molar-refractivity contribution in [2.75, 3.05) is 6.79 Å². The molecule has 0 saturated carbocycles. The largest absolute Gasteiger partial charge is 0.543 e. The summed E-state index contributed by atoms with van der Waals surface area (Å²) in [4.78, 5) is 10.5. The lowest BCUT2D eigenvalue weighted by Gasteiger charge is -2.28. The molecule has 1 saturated heterocycles. The first-order valence-electron chi connectivity index (χ1n) is 3.26. The average molecular weight is 300 g/mol. The maximum absolute atomic E-state index is 11.0. The van der Waals surface area contributed by atoms with Crippen molar-refractivity contribution >= 4 is 53.0 Å². The van der Waals surface area contributed by atoms with Crippen LogP contribution in [0.2, 0.25) is 0 Å². The van der Waals surface area contributed by atoms with Gasteiger partial charge in [0.1, 0.15) is 11.6 Å². The fraction of sp³-hybridized carbons (Fsp3) is 0.750. The van der Waals surface area contributed by atoms with Crippen LogP contribution in [0.3, 0.4) is 0 Å². The summed E-state index contributed by atoms with van der Waals surface area (Å²) in [6.45, 7) is 0.285. The zero-order chi connectivity index (χ0) is 9.14. The molecule has 4 nitrogen and oxygen atoms in total. The summed E-state index contributed by atoms with van der Waals surface area (Å²) >= 11 is 6.43. The van der Waals surface area contributed by atoms with Crippen molar-refractivity contribution in [2.45, 2.75) is 9.55 Å². The van der Waals surface area contributed by atoms with E-state index in [9.17, 15) is 4.79 Å². The topological polar surface area (TPSA) is 44.8 Å². The highest BCUT2D eigenvalue weighted by molar-refractivity contribution is 9.12. The highest BCUT2D eigenvalue weighted by Crippen LogP contribution is 2.23. The van der Waals surface area contributed by atoms with Gasteiger partial charge >= 0.3 is 21.1 Å². The molecule has 1 rings (SSSR count). The lowest BCUT2D eigenvalue weighted by atomic mass is 9.81. The third kappa shape index (κ3) is 2.25. The highest BCUT2D eigenvalue weighted by Gasteiger charge is 2.41. The minimum atomic E-state index is -0.451. The number of rotatable bonds is 3. The first kappa shape index (κ1) is 10.6. The molecule has 0 bridgehead atoms. The van der Waals surface area contributed by atoms with E-state index in [1.165, 1.54) is 8.05 Å². The molecule has 66 valence electrons. The maximum atomic E-state index is 11.0. The molecule has 1 aliphatic heterocycles. The summed E-state index contributed by atoms with van der Waals surface area (Å²) < 4.78 is 14.3. The second kappa shape index (κ2) is 4.64. The van der Waals surface area contributed by atoms with Gasteiger partial charge in [-0.1, -0.05) is 31.9 Å². The Morgan fingerprint density at radius 1 is 1.58 bits per heavy atom. The van der Waals surface area contributed by atoms with Crippen LogP contribution in [0.5, 0.6) is 0 Å². The van der Waals surface area contributed by atoms with Crippen LogP contribution in [-0.4, -0.2) is 37.5 Å². The van der Waals surface area contributed by atoms with E-state index in [0.29, 0.717) is 0 Å². The van der Waals surface area contributed by atoms with Crippen LogP contribution < -0.4 is 0 Å². The van der Waals surface area contributed by atoms with E-state index < -0.39 is 4.83 Å². The Balaban J connectivity index is 2.39. The summed E-state index contributed by atoms with van der Waals surface area (Å²) in [6.07, 6.45) is 0. The Bertz CT molecular complexity index is 176. The van der Waals surface area contributed by atoms with Crippen molar-refractivity contribution < 1.29 is 18.8 Å². The molecule has 2 atom stereocenters. The normalized spacial score (nSPS) is 21.0. The van der Waals surface area contributed by atoms with Gasteiger partial charge in [-0.05, 0) is 0 Å². The second-order valence-corrected chi connectivity index (χ2v) is 4.23. The molecule has 0 unspecified atom stereocenters. The molecule has 1 heterocycles. The van der Waals surface area contributed by atoms with Crippen LogP contribution in [0, 0.1) is 0 Å². The minimum absolute atomic E-state index is 0.223. The zero-order valence-electron chi connectivity index (χ0n) is 6.33. The molecule has 0 aromatic rings. The zero-order valence-corrected chi connectivity index (χ0v) is 9.50. The standard InChI is InChI=1S/C4H6B2Br2O4/c5-12-4(9)2(7)3(8)6-10-1-11-6/h2-3H,1,5H2/t2-,3+/m1/s1. The van der Waals surface area contributed by atoms with Gasteiger partial charge in [-0.25, -0.2) is 0 Å². The Labute approximate surface area is 88.1 Å². The van der Waals surface area contributed by atoms with Crippen LogP contribution in [0.25, 0.3) is 0 Å². The first-order valence-corrected chi connectivity index (χ1v) is 5.09. The molecule has 0 N–H and O–H groups in total. The van der Waals surface area contributed by atoms with Crippen molar-refractivity contribution in [3.05, 3.63) is 0 Å². The van der Waals surface area contributed by atoms with Crippen molar-refractivity contribution in [3.63, 3.8) is 0 Å². The summed E-state index contributed by atoms with van der Waals surface area (Å²) in [5.41, 5.74) is 0. The molecule has 0 radical (unpaired) electrons. The maximum Gasteiger partial charge on any atom is 0.476 e. The minimum Gasteiger partial charge on any atom is -0.543 e. The predicted molar refractivity (Wildman–Crippen MR) is 52.9 cm³/mol. The molecule has 1 fully saturated rings. The number of hydrogen-bond donors (Lipinski definition) is 0. The van der Waals surface area contributed by atoms with Gasteiger partial charge < -0.3 is 14.0 Å². The van der Waals surface area contributed by atoms with Crippen molar-refractivity contribution in [1.82, 2.24) is 0 Å². The van der Waals surface area contributed by atoms with E-state index in [-0.39, 0.29) is 24.6 Å². The molecule has 8 heteroatoms. The summed E-state index contributed by atoms with van der Waals surface area (Å²) in [5, 5.41) is 0. The Kier molecular flexibility index (Phi) is 4.09. The molecule has 1 aliphatic rings. The van der Waals surface area contributed by atoms with Gasteiger partial charge in [0.2, 0.25) is 0 Å². The predicted octanol–water partition coefficient (Wildman–Crippen LogP) is -0.364. The SMILES string of the molecule is BOC(=O)[C@H](Br)[C@H](Br)B1OCO1. The second-order valence-electron chi connectivity index (χ2n) is 2.19. The van der Waals surface area contributed by atoms with Crippen LogP contribution >= 0.6 is 31.9 Å². The third-order valence-corrected chi connectivity index (χ3v) is 4.04. The average Bonchev–Trinajstić information content (AvgIpc) is 1.98. The van der Waals surface area contributed by atoms with Crippen LogP contribution in [-0.2, 0) is 18.8 Å². The van der Waals surface area contributed by atoms with Crippen molar-refractivity contribution in [2.24, 2.45) is 0 Å². The van der Waals surface area contributed by atoms with Gasteiger partial charge in [0.25, 0.3) is 0 Å². The van der Waals surface area contributed by atoms with Crippen LogP contribution in [0.4, 0.5) is 0 Å². The van der Waals surface area contributed by atoms with E-state index in [4.69, 9.17) is 9.31 Å². The first-order chi connectivity index (χ1) is 5.66. The molecule has 12 heavy (non-hydrogen) atoms. The molecule has 0 aliphatic carbocycles. The van der Waals surface area contributed by atoms with Gasteiger partial charge in [0.05, 0.1) is 4.73 Å². The van der Waals surface area contributed by atoms with Crippen molar-refractivity contribution in [3.8, 4) is 0 Å². The van der Waals surface area contributed by atoms with E-state index in [2.05, 4.69) is 36.5 Å². The van der Waals surface area contributed by atoms with E-state index >= 15 is 0 Å².